The van der Waals surface area contributed by atoms with Crippen molar-refractivity contribution in [3.63, 3.8) is 0 Å². The number of nitrogens with one attached hydrogen (secondary N) is 1. The maximum absolute atomic E-state index is 12.3. The van der Waals surface area contributed by atoms with Crippen LogP contribution in [0.15, 0.2) is 35.1 Å². The van der Waals surface area contributed by atoms with Gasteiger partial charge in [-0.15, -0.1) is 5.10 Å². The number of rotatable bonds is 5. The molecule has 3 aromatic heterocycles. The topological polar surface area (TPSA) is 88.6 Å². The minimum atomic E-state index is -0.340. The summed E-state index contributed by atoms with van der Waals surface area (Å²) in [4.78, 5) is 22.5. The lowest BCUT2D eigenvalue weighted by molar-refractivity contribution is 0.0929. The number of aromatic nitrogens is 4. The Kier molecular flexibility index (Phi) is 4.07. The monoisotopic (exact) mass is 314 g/mol. The molecule has 0 fully saturated rings. The molecule has 1 atom stereocenters. The van der Waals surface area contributed by atoms with Crippen molar-refractivity contribution < 1.29 is 9.21 Å². The number of likely N-dealkylation sites (N-methyl/N-ethyl adjacent to an activating group) is 1. The number of nitrogens with zero attached hydrogens (tertiary/aromatic N) is 5. The van der Waals surface area contributed by atoms with Gasteiger partial charge < -0.3 is 9.73 Å². The molecule has 120 valence electrons. The predicted molar refractivity (Wildman–Crippen MR) is 83.0 cm³/mol. The lowest BCUT2D eigenvalue weighted by Gasteiger charge is -2.22. The van der Waals surface area contributed by atoms with E-state index in [1.165, 1.54) is 0 Å². The Balaban J connectivity index is 1.74. The molecule has 0 bridgehead atoms. The summed E-state index contributed by atoms with van der Waals surface area (Å²) in [6, 6.07) is 5.45. The van der Waals surface area contributed by atoms with Crippen molar-refractivity contribution in [1.82, 2.24) is 29.8 Å². The second-order valence-electron chi connectivity index (χ2n) is 5.44. The van der Waals surface area contributed by atoms with E-state index in [0.717, 1.165) is 11.5 Å². The van der Waals surface area contributed by atoms with Crippen LogP contribution in [-0.4, -0.2) is 51.0 Å². The number of fused-ring (bicyclic) bond motifs is 1. The number of aryl methyl sites for hydroxylation is 1. The molecule has 0 saturated carbocycles. The first-order valence-corrected chi connectivity index (χ1v) is 7.22. The summed E-state index contributed by atoms with van der Waals surface area (Å²) in [5.41, 5.74) is 0.864. The highest BCUT2D eigenvalue weighted by Crippen LogP contribution is 2.17. The van der Waals surface area contributed by atoms with E-state index < -0.39 is 0 Å². The normalized spacial score (nSPS) is 12.7. The average Bonchev–Trinajstić information content (AvgIpc) is 3.16. The number of furan rings is 1. The maximum atomic E-state index is 12.3. The number of carbonyl (C=O) groups excluding carboxylic acids is 1. The van der Waals surface area contributed by atoms with Crippen molar-refractivity contribution in [1.29, 1.82) is 0 Å². The summed E-state index contributed by atoms with van der Waals surface area (Å²) in [5.74, 6) is 0.957. The first-order valence-electron chi connectivity index (χ1n) is 7.22. The van der Waals surface area contributed by atoms with E-state index in [-0.39, 0.29) is 17.8 Å². The number of carbonyl (C=O) groups is 1. The van der Waals surface area contributed by atoms with Crippen molar-refractivity contribution >= 4 is 11.7 Å². The molecule has 3 heterocycles. The maximum Gasteiger partial charge on any atom is 0.291 e. The minimum absolute atomic E-state index is 0.0640. The summed E-state index contributed by atoms with van der Waals surface area (Å²) in [6.45, 7) is 2.27. The van der Waals surface area contributed by atoms with Gasteiger partial charge in [-0.05, 0) is 39.2 Å². The third-order valence-corrected chi connectivity index (χ3v) is 3.58. The fourth-order valence-electron chi connectivity index (χ4n) is 2.29. The molecule has 23 heavy (non-hydrogen) atoms. The van der Waals surface area contributed by atoms with Crippen molar-refractivity contribution in [3.8, 4) is 0 Å². The molecule has 0 radical (unpaired) electrons. The van der Waals surface area contributed by atoms with E-state index in [2.05, 4.69) is 20.4 Å². The van der Waals surface area contributed by atoms with Gasteiger partial charge in [0.2, 0.25) is 5.82 Å². The Bertz CT molecular complexity index is 809. The largest absolute Gasteiger partial charge is 0.468 e. The first kappa shape index (κ1) is 15.2. The van der Waals surface area contributed by atoms with Crippen LogP contribution < -0.4 is 5.32 Å². The van der Waals surface area contributed by atoms with Crippen molar-refractivity contribution in [2.75, 3.05) is 20.6 Å². The van der Waals surface area contributed by atoms with Crippen LogP contribution >= 0.6 is 0 Å². The van der Waals surface area contributed by atoms with Crippen LogP contribution in [-0.2, 0) is 0 Å². The molecule has 1 amide bonds. The van der Waals surface area contributed by atoms with Crippen molar-refractivity contribution in [3.05, 3.63) is 47.9 Å². The number of hydrogen-bond acceptors (Lipinski definition) is 6. The van der Waals surface area contributed by atoms with Gasteiger partial charge in [0.1, 0.15) is 5.76 Å². The first-order chi connectivity index (χ1) is 11.1. The van der Waals surface area contributed by atoms with Crippen LogP contribution in [0.5, 0.6) is 0 Å². The third-order valence-electron chi connectivity index (χ3n) is 3.58. The Morgan fingerprint density at radius 3 is 2.91 bits per heavy atom. The zero-order valence-corrected chi connectivity index (χ0v) is 13.2. The Labute approximate surface area is 133 Å². The van der Waals surface area contributed by atoms with Gasteiger partial charge in [0.15, 0.2) is 0 Å². The summed E-state index contributed by atoms with van der Waals surface area (Å²) >= 11 is 0. The zero-order chi connectivity index (χ0) is 16.4. The van der Waals surface area contributed by atoms with E-state index in [4.69, 9.17) is 4.42 Å². The van der Waals surface area contributed by atoms with Crippen LogP contribution in [0.1, 0.15) is 28.1 Å². The lowest BCUT2D eigenvalue weighted by Crippen LogP contribution is -2.34. The van der Waals surface area contributed by atoms with E-state index >= 15 is 0 Å². The van der Waals surface area contributed by atoms with Crippen molar-refractivity contribution in [2.45, 2.75) is 13.0 Å². The highest BCUT2D eigenvalue weighted by Gasteiger charge is 2.20. The van der Waals surface area contributed by atoms with E-state index in [9.17, 15) is 4.79 Å². The Hall–Kier alpha value is -2.74. The van der Waals surface area contributed by atoms with Crippen molar-refractivity contribution in [2.24, 2.45) is 0 Å². The highest BCUT2D eigenvalue weighted by molar-refractivity contribution is 5.90. The van der Waals surface area contributed by atoms with Gasteiger partial charge in [-0.3, -0.25) is 9.69 Å². The van der Waals surface area contributed by atoms with Gasteiger partial charge in [0.05, 0.1) is 12.3 Å². The quantitative estimate of drug-likeness (QED) is 0.757. The van der Waals surface area contributed by atoms with E-state index in [0.29, 0.717) is 12.3 Å². The lowest BCUT2D eigenvalue weighted by atomic mass is 10.2. The van der Waals surface area contributed by atoms with Gasteiger partial charge in [-0.2, -0.15) is 4.98 Å². The van der Waals surface area contributed by atoms with Crippen LogP contribution in [0.3, 0.4) is 0 Å². The summed E-state index contributed by atoms with van der Waals surface area (Å²) in [6.07, 6.45) is 3.26. The molecule has 1 N–H and O–H groups in total. The molecule has 0 saturated heterocycles. The molecule has 0 aliphatic heterocycles. The standard InChI is InChI=1S/C15H18N6O2/c1-10-6-7-16-15-18-13(19-21(10)15)14(22)17-9-11(20(2)3)12-5-4-8-23-12/h4-8,11H,9H2,1-3H3,(H,17,22). The Morgan fingerprint density at radius 2 is 2.26 bits per heavy atom. The molecule has 1 unspecified atom stereocenters. The van der Waals surface area contributed by atoms with Crippen LogP contribution in [0.2, 0.25) is 0 Å². The van der Waals surface area contributed by atoms with E-state index in [1.807, 2.05) is 44.1 Å². The van der Waals surface area contributed by atoms with Gasteiger partial charge in [-0.1, -0.05) is 0 Å². The minimum Gasteiger partial charge on any atom is -0.468 e. The molecule has 8 nitrogen and oxygen atoms in total. The smallest absolute Gasteiger partial charge is 0.291 e. The molecule has 3 aromatic rings. The average molecular weight is 314 g/mol. The summed E-state index contributed by atoms with van der Waals surface area (Å²) in [7, 11) is 3.85. The van der Waals surface area contributed by atoms with Crippen LogP contribution in [0.25, 0.3) is 5.78 Å². The highest BCUT2D eigenvalue weighted by atomic mass is 16.3. The fraction of sp³-hybridized carbons (Fsp3) is 0.333. The molecule has 3 rings (SSSR count). The fourth-order valence-corrected chi connectivity index (χ4v) is 2.29. The SMILES string of the molecule is Cc1ccnc2nc(C(=O)NCC(c3ccco3)N(C)C)nn12. The predicted octanol–water partition coefficient (Wildman–Crippen LogP) is 1.06. The second-order valence-corrected chi connectivity index (χ2v) is 5.44. The number of amides is 1. The third kappa shape index (κ3) is 3.07. The Morgan fingerprint density at radius 1 is 1.43 bits per heavy atom. The van der Waals surface area contributed by atoms with Gasteiger partial charge >= 0.3 is 0 Å². The molecular formula is C15H18N6O2. The molecular weight excluding hydrogens is 296 g/mol. The number of hydrogen-bond donors (Lipinski definition) is 1. The second kappa shape index (κ2) is 6.17. The molecule has 8 heteroatoms. The van der Waals surface area contributed by atoms with Crippen LogP contribution in [0, 0.1) is 6.92 Å². The van der Waals surface area contributed by atoms with Gasteiger partial charge in [-0.25, -0.2) is 9.50 Å². The molecule has 0 aliphatic rings. The zero-order valence-electron chi connectivity index (χ0n) is 13.2. The molecule has 0 spiro atoms. The van der Waals surface area contributed by atoms with Gasteiger partial charge in [0.25, 0.3) is 11.7 Å². The van der Waals surface area contributed by atoms with Gasteiger partial charge in [0, 0.05) is 18.4 Å². The molecule has 0 aliphatic carbocycles. The summed E-state index contributed by atoms with van der Waals surface area (Å²) in [5, 5.41) is 7.03. The summed E-state index contributed by atoms with van der Waals surface area (Å²) < 4.78 is 6.97. The van der Waals surface area contributed by atoms with E-state index in [1.54, 1.807) is 17.0 Å². The molecule has 0 aromatic carbocycles. The van der Waals surface area contributed by atoms with Crippen LogP contribution in [0.4, 0.5) is 0 Å².